The van der Waals surface area contributed by atoms with Crippen LogP contribution in [0.25, 0.3) is 0 Å². The van der Waals surface area contributed by atoms with Crippen molar-refractivity contribution in [3.05, 3.63) is 5.69 Å². The number of ether oxygens (including phenoxy) is 2. The molecule has 0 unspecified atom stereocenters. The highest BCUT2D eigenvalue weighted by Gasteiger charge is 2.17. The van der Waals surface area contributed by atoms with Crippen LogP contribution in [-0.4, -0.2) is 34.7 Å². The van der Waals surface area contributed by atoms with Gasteiger partial charge in [0.15, 0.2) is 5.82 Å². The fourth-order valence-corrected chi connectivity index (χ4v) is 0.836. The summed E-state index contributed by atoms with van der Waals surface area (Å²) in [5.41, 5.74) is 5.58. The molecule has 1 heterocycles. The first-order valence-electron chi connectivity index (χ1n) is 4.05. The van der Waals surface area contributed by atoms with Gasteiger partial charge in [-0.3, -0.25) is 0 Å². The Labute approximate surface area is 80.8 Å². The molecule has 0 spiro atoms. The summed E-state index contributed by atoms with van der Waals surface area (Å²) in [6, 6.07) is 0. The van der Waals surface area contributed by atoms with E-state index < -0.39 is 5.97 Å². The number of carbonyl (C=O) groups excluding carboxylic acids is 1. The number of hydrogen-bond donors (Lipinski definition) is 1. The number of aromatic nitrogens is 3. The zero-order valence-electron chi connectivity index (χ0n) is 8.06. The highest BCUT2D eigenvalue weighted by Crippen LogP contribution is 2.08. The molecule has 0 aliphatic carbocycles. The quantitative estimate of drug-likeness (QED) is 0.667. The van der Waals surface area contributed by atoms with Crippen molar-refractivity contribution in [1.29, 1.82) is 0 Å². The standard InChI is InChI=1S/C7H12N4O3/c1-3-14-4-11-6(8)5(9-10-11)7(12)13-2/h3-4,8H2,1-2H3. The lowest BCUT2D eigenvalue weighted by molar-refractivity contribution is 0.0595. The summed E-state index contributed by atoms with van der Waals surface area (Å²) in [6.07, 6.45) is 0. The summed E-state index contributed by atoms with van der Waals surface area (Å²) >= 11 is 0. The van der Waals surface area contributed by atoms with Crippen LogP contribution in [0.15, 0.2) is 0 Å². The minimum Gasteiger partial charge on any atom is -0.464 e. The number of rotatable bonds is 4. The Bertz CT molecular complexity index is 323. The van der Waals surface area contributed by atoms with E-state index in [0.29, 0.717) is 6.61 Å². The molecule has 0 aliphatic rings. The van der Waals surface area contributed by atoms with Gasteiger partial charge in [0.05, 0.1) is 7.11 Å². The van der Waals surface area contributed by atoms with E-state index in [1.165, 1.54) is 11.8 Å². The Kier molecular flexibility index (Phi) is 3.41. The maximum Gasteiger partial charge on any atom is 0.362 e. The number of methoxy groups -OCH3 is 1. The van der Waals surface area contributed by atoms with Crippen molar-refractivity contribution in [3.8, 4) is 0 Å². The smallest absolute Gasteiger partial charge is 0.362 e. The van der Waals surface area contributed by atoms with Crippen LogP contribution in [0.3, 0.4) is 0 Å². The number of hydrogen-bond acceptors (Lipinski definition) is 6. The van der Waals surface area contributed by atoms with Gasteiger partial charge in [0.2, 0.25) is 5.69 Å². The predicted molar refractivity (Wildman–Crippen MR) is 47.4 cm³/mol. The van der Waals surface area contributed by atoms with Gasteiger partial charge in [-0.2, -0.15) is 0 Å². The molecule has 7 heteroatoms. The van der Waals surface area contributed by atoms with E-state index >= 15 is 0 Å². The molecule has 0 saturated heterocycles. The number of nitrogen functional groups attached to an aromatic ring is 1. The van der Waals surface area contributed by atoms with Crippen LogP contribution >= 0.6 is 0 Å². The number of nitrogens with two attached hydrogens (primary N) is 1. The lowest BCUT2D eigenvalue weighted by atomic mass is 10.4. The van der Waals surface area contributed by atoms with Crippen molar-refractivity contribution >= 4 is 11.8 Å². The molecule has 1 aromatic rings. The summed E-state index contributed by atoms with van der Waals surface area (Å²) in [6.45, 7) is 2.55. The van der Waals surface area contributed by atoms with Crippen LogP contribution in [0.5, 0.6) is 0 Å². The molecule has 0 atom stereocenters. The van der Waals surface area contributed by atoms with E-state index in [0.717, 1.165) is 0 Å². The van der Waals surface area contributed by atoms with Gasteiger partial charge in [0.25, 0.3) is 0 Å². The Morgan fingerprint density at radius 1 is 1.64 bits per heavy atom. The first-order chi connectivity index (χ1) is 6.70. The van der Waals surface area contributed by atoms with Crippen molar-refractivity contribution < 1.29 is 14.3 Å². The van der Waals surface area contributed by atoms with Gasteiger partial charge in [-0.05, 0) is 6.92 Å². The number of anilines is 1. The molecule has 1 rings (SSSR count). The van der Waals surface area contributed by atoms with Gasteiger partial charge >= 0.3 is 5.97 Å². The first kappa shape index (κ1) is 10.5. The third-order valence-electron chi connectivity index (χ3n) is 1.57. The zero-order valence-corrected chi connectivity index (χ0v) is 8.06. The molecule has 0 bridgehead atoms. The molecule has 0 saturated carbocycles. The number of esters is 1. The molecule has 2 N–H and O–H groups in total. The highest BCUT2D eigenvalue weighted by molar-refractivity contribution is 5.91. The van der Waals surface area contributed by atoms with Crippen molar-refractivity contribution in [2.75, 3.05) is 19.5 Å². The molecular formula is C7H12N4O3. The molecule has 0 aliphatic heterocycles. The monoisotopic (exact) mass is 200 g/mol. The van der Waals surface area contributed by atoms with Crippen molar-refractivity contribution in [2.45, 2.75) is 13.7 Å². The number of carbonyl (C=O) groups is 1. The fraction of sp³-hybridized carbons (Fsp3) is 0.571. The van der Waals surface area contributed by atoms with E-state index in [9.17, 15) is 4.79 Å². The molecule has 0 radical (unpaired) electrons. The summed E-state index contributed by atoms with van der Waals surface area (Å²) in [7, 11) is 1.25. The largest absolute Gasteiger partial charge is 0.464 e. The minimum absolute atomic E-state index is 0.00667. The molecule has 0 fully saturated rings. The van der Waals surface area contributed by atoms with Crippen LogP contribution in [-0.2, 0) is 16.2 Å². The second-order valence-electron chi connectivity index (χ2n) is 2.44. The molecule has 1 aromatic heterocycles. The van der Waals surface area contributed by atoms with Gasteiger partial charge in [-0.25, -0.2) is 9.48 Å². The number of nitrogens with zero attached hydrogens (tertiary/aromatic N) is 3. The van der Waals surface area contributed by atoms with E-state index in [4.69, 9.17) is 10.5 Å². The molecular weight excluding hydrogens is 188 g/mol. The third-order valence-corrected chi connectivity index (χ3v) is 1.57. The normalized spacial score (nSPS) is 10.1. The average Bonchev–Trinajstić information content (AvgIpc) is 2.56. The Balaban J connectivity index is 2.80. The Morgan fingerprint density at radius 2 is 2.36 bits per heavy atom. The van der Waals surface area contributed by atoms with Crippen molar-refractivity contribution in [3.63, 3.8) is 0 Å². The molecule has 0 amide bonds. The van der Waals surface area contributed by atoms with Crippen molar-refractivity contribution in [1.82, 2.24) is 15.0 Å². The van der Waals surface area contributed by atoms with Gasteiger partial charge in [-0.1, -0.05) is 5.21 Å². The van der Waals surface area contributed by atoms with Crippen LogP contribution in [0.2, 0.25) is 0 Å². The summed E-state index contributed by atoms with van der Waals surface area (Å²) in [5, 5.41) is 7.21. The van der Waals surface area contributed by atoms with Gasteiger partial charge in [0.1, 0.15) is 6.73 Å². The maximum atomic E-state index is 11.1. The average molecular weight is 200 g/mol. The first-order valence-corrected chi connectivity index (χ1v) is 4.05. The van der Waals surface area contributed by atoms with Crippen LogP contribution in [0, 0.1) is 0 Å². The van der Waals surface area contributed by atoms with Gasteiger partial charge in [0, 0.05) is 6.61 Å². The maximum absolute atomic E-state index is 11.1. The highest BCUT2D eigenvalue weighted by atomic mass is 16.5. The van der Waals surface area contributed by atoms with E-state index in [2.05, 4.69) is 15.0 Å². The molecule has 78 valence electrons. The van der Waals surface area contributed by atoms with E-state index in [-0.39, 0.29) is 18.2 Å². The van der Waals surface area contributed by atoms with Gasteiger partial charge < -0.3 is 15.2 Å². The fourth-order valence-electron chi connectivity index (χ4n) is 0.836. The summed E-state index contributed by atoms with van der Waals surface area (Å²) in [5.74, 6) is -0.462. The SMILES string of the molecule is CCOCn1nnc(C(=O)OC)c1N. The van der Waals surface area contributed by atoms with E-state index in [1.807, 2.05) is 6.92 Å². The third kappa shape index (κ3) is 1.99. The second-order valence-corrected chi connectivity index (χ2v) is 2.44. The molecule has 0 aromatic carbocycles. The van der Waals surface area contributed by atoms with Gasteiger partial charge in [-0.15, -0.1) is 5.10 Å². The topological polar surface area (TPSA) is 92.3 Å². The Hall–Kier alpha value is -1.63. The van der Waals surface area contributed by atoms with Crippen LogP contribution in [0.1, 0.15) is 17.4 Å². The summed E-state index contributed by atoms with van der Waals surface area (Å²) < 4.78 is 10.8. The predicted octanol–water partition coefficient (Wildman–Crippen LogP) is -0.359. The zero-order chi connectivity index (χ0) is 10.6. The van der Waals surface area contributed by atoms with Crippen LogP contribution < -0.4 is 5.73 Å². The lowest BCUT2D eigenvalue weighted by Crippen LogP contribution is -2.10. The minimum atomic E-state index is -0.606. The van der Waals surface area contributed by atoms with Crippen molar-refractivity contribution in [2.24, 2.45) is 0 Å². The molecule has 7 nitrogen and oxygen atoms in total. The van der Waals surface area contributed by atoms with Crippen LogP contribution in [0.4, 0.5) is 5.82 Å². The molecule has 14 heavy (non-hydrogen) atoms. The summed E-state index contributed by atoms with van der Waals surface area (Å²) in [4.78, 5) is 11.1. The second kappa shape index (κ2) is 4.56. The lowest BCUT2D eigenvalue weighted by Gasteiger charge is -2.02. The Morgan fingerprint density at radius 3 is 2.93 bits per heavy atom. The van der Waals surface area contributed by atoms with E-state index in [1.54, 1.807) is 0 Å².